The molecule has 1 N–H and O–H groups in total. The number of benzene rings is 2. The molecule has 0 fully saturated rings. The molecule has 4 rings (SSSR count). The van der Waals surface area contributed by atoms with Crippen LogP contribution in [0.25, 0.3) is 11.4 Å². The van der Waals surface area contributed by atoms with Crippen molar-refractivity contribution in [2.45, 2.75) is 57.9 Å². The Morgan fingerprint density at radius 1 is 1.07 bits per heavy atom. The zero-order valence-electron chi connectivity index (χ0n) is 17.0. The summed E-state index contributed by atoms with van der Waals surface area (Å²) in [6, 6.07) is 18.0. The molecule has 0 saturated carbocycles. The van der Waals surface area contributed by atoms with Gasteiger partial charge in [0.15, 0.2) is 5.82 Å². The molecule has 1 aromatic heterocycles. The first kappa shape index (κ1) is 19.4. The largest absolute Gasteiger partial charge is 0.326 e. The van der Waals surface area contributed by atoms with Crippen LogP contribution in [0.2, 0.25) is 0 Å². The Hall–Kier alpha value is -2.95. The van der Waals surface area contributed by atoms with Gasteiger partial charge in [-0.25, -0.2) is 0 Å². The third-order valence-corrected chi connectivity index (χ3v) is 5.59. The number of carbonyl (C=O) groups excluding carboxylic acids is 1. The van der Waals surface area contributed by atoms with Crippen molar-refractivity contribution in [1.29, 1.82) is 0 Å². The molecular formula is C24H28N4O. The van der Waals surface area contributed by atoms with Crippen LogP contribution in [0, 0.1) is 0 Å². The van der Waals surface area contributed by atoms with Gasteiger partial charge in [-0.15, -0.1) is 10.2 Å². The SMILES string of the molecule is CCC[C@@H](C(=O)Nc1cccc(-c2nnc3n2CCCCC3)c1)c1ccccc1. The lowest BCUT2D eigenvalue weighted by Crippen LogP contribution is -2.21. The third-order valence-electron chi connectivity index (χ3n) is 5.59. The van der Waals surface area contributed by atoms with Crippen molar-refractivity contribution >= 4 is 11.6 Å². The van der Waals surface area contributed by atoms with Gasteiger partial charge in [0.05, 0.1) is 5.92 Å². The van der Waals surface area contributed by atoms with E-state index in [1.165, 1.54) is 12.8 Å². The maximum absolute atomic E-state index is 13.0. The van der Waals surface area contributed by atoms with Gasteiger partial charge in [-0.3, -0.25) is 4.79 Å². The molecule has 2 heterocycles. The minimum absolute atomic E-state index is 0.0373. The molecule has 3 aromatic rings. The fraction of sp³-hybridized carbons (Fsp3) is 0.375. The number of carbonyl (C=O) groups is 1. The van der Waals surface area contributed by atoms with Crippen LogP contribution < -0.4 is 5.32 Å². The van der Waals surface area contributed by atoms with Crippen molar-refractivity contribution in [1.82, 2.24) is 14.8 Å². The van der Waals surface area contributed by atoms with E-state index in [1.807, 2.05) is 54.6 Å². The smallest absolute Gasteiger partial charge is 0.231 e. The van der Waals surface area contributed by atoms with Gasteiger partial charge in [-0.2, -0.15) is 0 Å². The molecule has 0 bridgehead atoms. The summed E-state index contributed by atoms with van der Waals surface area (Å²) < 4.78 is 2.23. The number of nitrogens with one attached hydrogen (secondary N) is 1. The maximum Gasteiger partial charge on any atom is 0.231 e. The van der Waals surface area contributed by atoms with Gasteiger partial charge in [0.25, 0.3) is 0 Å². The Morgan fingerprint density at radius 2 is 1.93 bits per heavy atom. The van der Waals surface area contributed by atoms with Crippen molar-refractivity contribution in [3.63, 3.8) is 0 Å². The number of fused-ring (bicyclic) bond motifs is 1. The van der Waals surface area contributed by atoms with E-state index in [-0.39, 0.29) is 11.8 Å². The molecule has 0 radical (unpaired) electrons. The van der Waals surface area contributed by atoms with Gasteiger partial charge in [-0.05, 0) is 37.0 Å². The van der Waals surface area contributed by atoms with E-state index in [0.29, 0.717) is 0 Å². The first-order chi connectivity index (χ1) is 14.3. The average molecular weight is 389 g/mol. The number of rotatable bonds is 6. The summed E-state index contributed by atoms with van der Waals surface area (Å²) in [6.45, 7) is 3.07. The molecule has 0 unspecified atom stereocenters. The van der Waals surface area contributed by atoms with Crippen molar-refractivity contribution in [3.05, 3.63) is 66.0 Å². The van der Waals surface area contributed by atoms with Crippen molar-refractivity contribution in [2.24, 2.45) is 0 Å². The van der Waals surface area contributed by atoms with Crippen LogP contribution in [-0.2, 0) is 17.8 Å². The van der Waals surface area contributed by atoms with Crippen LogP contribution in [0.1, 0.15) is 56.3 Å². The summed E-state index contributed by atoms with van der Waals surface area (Å²) in [5.41, 5.74) is 2.86. The minimum Gasteiger partial charge on any atom is -0.326 e. The van der Waals surface area contributed by atoms with Crippen LogP contribution in [-0.4, -0.2) is 20.7 Å². The molecule has 1 aliphatic rings. The lowest BCUT2D eigenvalue weighted by atomic mass is 9.93. The molecule has 1 amide bonds. The Balaban J connectivity index is 1.56. The van der Waals surface area contributed by atoms with E-state index in [2.05, 4.69) is 27.0 Å². The monoisotopic (exact) mass is 388 g/mol. The van der Waals surface area contributed by atoms with Crippen molar-refractivity contribution in [3.8, 4) is 11.4 Å². The highest BCUT2D eigenvalue weighted by atomic mass is 16.1. The summed E-state index contributed by atoms with van der Waals surface area (Å²) in [4.78, 5) is 13.0. The van der Waals surface area contributed by atoms with E-state index in [1.54, 1.807) is 0 Å². The molecule has 5 nitrogen and oxygen atoms in total. The Labute approximate surface area is 172 Å². The number of amides is 1. The number of hydrogen-bond acceptors (Lipinski definition) is 3. The number of anilines is 1. The van der Waals surface area contributed by atoms with Gasteiger partial charge in [0.1, 0.15) is 5.82 Å². The molecule has 0 aliphatic carbocycles. The van der Waals surface area contributed by atoms with E-state index >= 15 is 0 Å². The summed E-state index contributed by atoms with van der Waals surface area (Å²) >= 11 is 0. The molecule has 1 atom stereocenters. The fourth-order valence-corrected chi connectivity index (χ4v) is 4.09. The Morgan fingerprint density at radius 3 is 2.76 bits per heavy atom. The summed E-state index contributed by atoms with van der Waals surface area (Å²) in [5, 5.41) is 12.0. The van der Waals surface area contributed by atoms with Crippen molar-refractivity contribution < 1.29 is 4.79 Å². The van der Waals surface area contributed by atoms with Crippen LogP contribution >= 0.6 is 0 Å². The highest BCUT2D eigenvalue weighted by Crippen LogP contribution is 2.27. The first-order valence-corrected chi connectivity index (χ1v) is 10.6. The molecule has 2 aromatic carbocycles. The first-order valence-electron chi connectivity index (χ1n) is 10.6. The standard InChI is InChI=1S/C24H28N4O/c1-2-10-21(18-11-5-3-6-12-18)24(29)25-20-14-9-13-19(17-20)23-27-26-22-15-7-4-8-16-28(22)23/h3,5-6,9,11-14,17,21H,2,4,7-8,10,15-16H2,1H3,(H,25,29)/t21-/m1/s1. The average Bonchev–Trinajstić information content (AvgIpc) is 3.01. The number of hydrogen-bond donors (Lipinski definition) is 1. The number of aromatic nitrogens is 3. The number of nitrogens with zero attached hydrogens (tertiary/aromatic N) is 3. The van der Waals surface area contributed by atoms with Gasteiger partial charge < -0.3 is 9.88 Å². The van der Waals surface area contributed by atoms with Crippen LogP contribution in [0.3, 0.4) is 0 Å². The van der Waals surface area contributed by atoms with Crippen molar-refractivity contribution in [2.75, 3.05) is 5.32 Å². The molecular weight excluding hydrogens is 360 g/mol. The highest BCUT2D eigenvalue weighted by Gasteiger charge is 2.20. The summed E-state index contributed by atoms with van der Waals surface area (Å²) in [6.07, 6.45) is 6.33. The molecule has 1 aliphatic heterocycles. The predicted octanol–water partition coefficient (Wildman–Crippen LogP) is 5.19. The van der Waals surface area contributed by atoms with E-state index < -0.39 is 0 Å². The van der Waals surface area contributed by atoms with Gasteiger partial charge >= 0.3 is 0 Å². The van der Waals surface area contributed by atoms with E-state index in [0.717, 1.165) is 60.7 Å². The van der Waals surface area contributed by atoms with Gasteiger partial charge in [-0.1, -0.05) is 62.2 Å². The lowest BCUT2D eigenvalue weighted by Gasteiger charge is -2.17. The zero-order valence-corrected chi connectivity index (χ0v) is 17.0. The molecule has 150 valence electrons. The number of aryl methyl sites for hydroxylation is 1. The Kier molecular flexibility index (Phi) is 6.03. The molecule has 0 saturated heterocycles. The fourth-order valence-electron chi connectivity index (χ4n) is 4.09. The predicted molar refractivity (Wildman–Crippen MR) is 116 cm³/mol. The quantitative estimate of drug-likeness (QED) is 0.632. The second-order valence-corrected chi connectivity index (χ2v) is 7.72. The minimum atomic E-state index is -0.144. The van der Waals surface area contributed by atoms with E-state index in [9.17, 15) is 4.79 Å². The van der Waals surface area contributed by atoms with E-state index in [4.69, 9.17) is 0 Å². The summed E-state index contributed by atoms with van der Waals surface area (Å²) in [7, 11) is 0. The maximum atomic E-state index is 13.0. The third kappa shape index (κ3) is 4.39. The highest BCUT2D eigenvalue weighted by molar-refractivity contribution is 5.96. The molecule has 29 heavy (non-hydrogen) atoms. The Bertz CT molecular complexity index is 964. The zero-order chi connectivity index (χ0) is 20.1. The van der Waals surface area contributed by atoms with Gasteiger partial charge in [0, 0.05) is 24.2 Å². The van der Waals surface area contributed by atoms with Gasteiger partial charge in [0.2, 0.25) is 5.91 Å². The second kappa shape index (κ2) is 9.03. The van der Waals surface area contributed by atoms with Crippen LogP contribution in [0.5, 0.6) is 0 Å². The normalized spacial score (nSPS) is 14.7. The molecule has 0 spiro atoms. The molecule has 5 heteroatoms. The summed E-state index contributed by atoms with van der Waals surface area (Å²) in [5.74, 6) is 1.86. The second-order valence-electron chi connectivity index (χ2n) is 7.72. The van der Waals surface area contributed by atoms with Crippen LogP contribution in [0.4, 0.5) is 5.69 Å². The van der Waals surface area contributed by atoms with Crippen LogP contribution in [0.15, 0.2) is 54.6 Å². The topological polar surface area (TPSA) is 59.8 Å². The lowest BCUT2D eigenvalue weighted by molar-refractivity contribution is -0.117.